The molecular formula is C17H19N3O4S2. The molecule has 138 valence electrons. The van der Waals surface area contributed by atoms with Crippen molar-refractivity contribution < 1.29 is 17.9 Å². The molecule has 0 bridgehead atoms. The Balaban J connectivity index is 1.46. The van der Waals surface area contributed by atoms with Crippen molar-refractivity contribution in [2.75, 3.05) is 38.1 Å². The van der Waals surface area contributed by atoms with Crippen molar-refractivity contribution in [3.8, 4) is 5.75 Å². The Morgan fingerprint density at radius 1 is 1.15 bits per heavy atom. The summed E-state index contributed by atoms with van der Waals surface area (Å²) in [7, 11) is -3.60. The van der Waals surface area contributed by atoms with Gasteiger partial charge in [0, 0.05) is 37.6 Å². The number of thiophene rings is 1. The molecule has 7 nitrogen and oxygen atoms in total. The van der Waals surface area contributed by atoms with Crippen LogP contribution < -0.4 is 10.1 Å². The van der Waals surface area contributed by atoms with Crippen LogP contribution in [0.5, 0.6) is 5.75 Å². The van der Waals surface area contributed by atoms with Gasteiger partial charge in [-0.1, -0.05) is 6.07 Å². The van der Waals surface area contributed by atoms with Gasteiger partial charge in [-0.15, -0.1) is 11.3 Å². The van der Waals surface area contributed by atoms with Crippen molar-refractivity contribution in [2.45, 2.75) is 11.4 Å². The number of sulfonamides is 1. The van der Waals surface area contributed by atoms with E-state index in [9.17, 15) is 13.2 Å². The summed E-state index contributed by atoms with van der Waals surface area (Å²) < 4.78 is 32.7. The third-order valence-electron chi connectivity index (χ3n) is 4.51. The van der Waals surface area contributed by atoms with Gasteiger partial charge in [0.15, 0.2) is 6.61 Å². The number of nitrogens with zero attached hydrogens (tertiary/aromatic N) is 2. The average Bonchev–Trinajstić information content (AvgIpc) is 3.14. The van der Waals surface area contributed by atoms with Gasteiger partial charge in [0.1, 0.15) is 5.75 Å². The average molecular weight is 393 g/mol. The smallest absolute Gasteiger partial charge is 0.262 e. The molecule has 0 spiro atoms. The zero-order chi connectivity index (χ0) is 18.1. The molecule has 1 aromatic heterocycles. The predicted molar refractivity (Wildman–Crippen MR) is 98.9 cm³/mol. The van der Waals surface area contributed by atoms with Gasteiger partial charge in [-0.05, 0) is 29.6 Å². The molecule has 1 amide bonds. The van der Waals surface area contributed by atoms with E-state index in [0.717, 1.165) is 6.54 Å². The van der Waals surface area contributed by atoms with E-state index in [1.54, 1.807) is 17.4 Å². The number of piperazine rings is 1. The number of fused-ring (bicyclic) bond motifs is 1. The lowest BCUT2D eigenvalue weighted by molar-refractivity contribution is -0.118. The third kappa shape index (κ3) is 3.48. The van der Waals surface area contributed by atoms with Crippen LogP contribution in [0.2, 0.25) is 0 Å². The van der Waals surface area contributed by atoms with Gasteiger partial charge in [-0.2, -0.15) is 4.31 Å². The fraction of sp³-hybridized carbons (Fsp3) is 0.353. The lowest BCUT2D eigenvalue weighted by atomic mass is 10.2. The summed E-state index contributed by atoms with van der Waals surface area (Å²) in [5, 5.41) is 4.70. The summed E-state index contributed by atoms with van der Waals surface area (Å²) in [4.78, 5) is 15.2. The van der Waals surface area contributed by atoms with Crippen LogP contribution in [0, 0.1) is 0 Å². The normalized spacial score (nSPS) is 18.8. The number of hydrogen-bond acceptors (Lipinski definition) is 6. The van der Waals surface area contributed by atoms with Crippen LogP contribution in [0.4, 0.5) is 5.69 Å². The molecule has 0 radical (unpaired) electrons. The van der Waals surface area contributed by atoms with Gasteiger partial charge < -0.3 is 10.1 Å². The van der Waals surface area contributed by atoms with Crippen molar-refractivity contribution in [1.29, 1.82) is 0 Å². The topological polar surface area (TPSA) is 79.0 Å². The van der Waals surface area contributed by atoms with E-state index < -0.39 is 10.0 Å². The fourth-order valence-corrected chi connectivity index (χ4v) is 5.32. The first-order valence-corrected chi connectivity index (χ1v) is 10.7. The summed E-state index contributed by atoms with van der Waals surface area (Å²) in [6.45, 7) is 3.10. The Morgan fingerprint density at radius 2 is 1.96 bits per heavy atom. The minimum atomic E-state index is -3.60. The Labute approximate surface area is 156 Å². The first kappa shape index (κ1) is 17.5. The number of anilines is 1. The molecule has 2 aliphatic heterocycles. The number of nitrogens with one attached hydrogen (secondary N) is 1. The predicted octanol–water partition coefficient (Wildman–Crippen LogP) is 1.59. The standard InChI is InChI=1S/C17H19N3O4S2/c21-17-12-24-16-4-3-14(10-15(16)18-17)26(22,23)20-7-5-19(6-8-20)11-13-2-1-9-25-13/h1-4,9-10H,5-8,11-12H2,(H,18,21). The minimum Gasteiger partial charge on any atom is -0.482 e. The highest BCUT2D eigenvalue weighted by molar-refractivity contribution is 7.89. The fourth-order valence-electron chi connectivity index (χ4n) is 3.12. The molecule has 1 N–H and O–H groups in total. The summed E-state index contributed by atoms with van der Waals surface area (Å²) in [5.74, 6) is 0.207. The van der Waals surface area contributed by atoms with Crippen LogP contribution >= 0.6 is 11.3 Å². The molecule has 1 saturated heterocycles. The highest BCUT2D eigenvalue weighted by Crippen LogP contribution is 2.31. The van der Waals surface area contributed by atoms with Gasteiger partial charge in [0.25, 0.3) is 5.91 Å². The zero-order valence-corrected chi connectivity index (χ0v) is 15.7. The van der Waals surface area contributed by atoms with Crippen LogP contribution in [0.3, 0.4) is 0 Å². The number of amides is 1. The molecule has 9 heteroatoms. The third-order valence-corrected chi connectivity index (χ3v) is 7.27. The minimum absolute atomic E-state index is 0.0503. The van der Waals surface area contributed by atoms with Gasteiger partial charge in [-0.25, -0.2) is 8.42 Å². The molecule has 0 aliphatic carbocycles. The number of benzene rings is 1. The van der Waals surface area contributed by atoms with Crippen LogP contribution in [0.1, 0.15) is 4.88 Å². The Morgan fingerprint density at radius 3 is 2.69 bits per heavy atom. The van der Waals surface area contributed by atoms with Crippen LogP contribution in [-0.2, 0) is 21.4 Å². The number of hydrogen-bond donors (Lipinski definition) is 1. The summed E-state index contributed by atoms with van der Waals surface area (Å²) in [5.41, 5.74) is 0.402. The Bertz CT molecular complexity index is 904. The molecule has 26 heavy (non-hydrogen) atoms. The first-order valence-electron chi connectivity index (χ1n) is 8.34. The van der Waals surface area contributed by atoms with Crippen molar-refractivity contribution >= 4 is 33.0 Å². The van der Waals surface area contributed by atoms with E-state index in [1.165, 1.54) is 21.3 Å². The number of ether oxygens (including phenoxy) is 1. The second-order valence-corrected chi connectivity index (χ2v) is 9.22. The summed E-state index contributed by atoms with van der Waals surface area (Å²) in [6.07, 6.45) is 0. The molecule has 3 heterocycles. The largest absolute Gasteiger partial charge is 0.482 e. The van der Waals surface area contributed by atoms with Crippen LogP contribution in [0.15, 0.2) is 40.6 Å². The summed E-state index contributed by atoms with van der Waals surface area (Å²) in [6, 6.07) is 8.72. The lowest BCUT2D eigenvalue weighted by Crippen LogP contribution is -2.48. The monoisotopic (exact) mass is 393 g/mol. The van der Waals surface area contributed by atoms with Gasteiger partial charge in [-0.3, -0.25) is 9.69 Å². The second kappa shape index (κ2) is 6.99. The molecule has 0 unspecified atom stereocenters. The first-order chi connectivity index (χ1) is 12.5. The van der Waals surface area contributed by atoms with Gasteiger partial charge >= 0.3 is 0 Å². The molecule has 2 aromatic rings. The van der Waals surface area contributed by atoms with E-state index in [0.29, 0.717) is 37.6 Å². The van der Waals surface area contributed by atoms with E-state index in [-0.39, 0.29) is 17.4 Å². The van der Waals surface area contributed by atoms with E-state index >= 15 is 0 Å². The molecule has 1 aromatic carbocycles. The van der Waals surface area contributed by atoms with E-state index in [1.807, 2.05) is 6.07 Å². The van der Waals surface area contributed by atoms with Gasteiger partial charge in [0.05, 0.1) is 10.6 Å². The van der Waals surface area contributed by atoms with Crippen molar-refractivity contribution in [3.63, 3.8) is 0 Å². The highest BCUT2D eigenvalue weighted by atomic mass is 32.2. The number of rotatable bonds is 4. The maximum Gasteiger partial charge on any atom is 0.262 e. The molecule has 1 fully saturated rings. The van der Waals surface area contributed by atoms with E-state index in [4.69, 9.17) is 4.74 Å². The van der Waals surface area contributed by atoms with Crippen LogP contribution in [-0.4, -0.2) is 56.3 Å². The molecule has 0 saturated carbocycles. The van der Waals surface area contributed by atoms with Crippen LogP contribution in [0.25, 0.3) is 0 Å². The van der Waals surface area contributed by atoms with Gasteiger partial charge in [0.2, 0.25) is 10.0 Å². The lowest BCUT2D eigenvalue weighted by Gasteiger charge is -2.33. The number of carbonyl (C=O) groups is 1. The summed E-state index contributed by atoms with van der Waals surface area (Å²) >= 11 is 1.71. The van der Waals surface area contributed by atoms with Crippen molar-refractivity contribution in [2.24, 2.45) is 0 Å². The maximum absolute atomic E-state index is 12.9. The van der Waals surface area contributed by atoms with E-state index in [2.05, 4.69) is 21.7 Å². The molecule has 4 rings (SSSR count). The maximum atomic E-state index is 12.9. The molecule has 2 aliphatic rings. The molecule has 0 atom stereocenters. The van der Waals surface area contributed by atoms with Crippen molar-refractivity contribution in [3.05, 3.63) is 40.6 Å². The quantitative estimate of drug-likeness (QED) is 0.853. The molecular weight excluding hydrogens is 374 g/mol. The highest BCUT2D eigenvalue weighted by Gasteiger charge is 2.30. The number of carbonyl (C=O) groups excluding carboxylic acids is 1. The van der Waals surface area contributed by atoms with Crippen molar-refractivity contribution in [1.82, 2.24) is 9.21 Å². The SMILES string of the molecule is O=C1COc2ccc(S(=O)(=O)N3CCN(Cc4cccs4)CC3)cc2N1. The Hall–Kier alpha value is -1.94. The Kier molecular flexibility index (Phi) is 4.70. The second-order valence-electron chi connectivity index (χ2n) is 6.25. The zero-order valence-electron chi connectivity index (χ0n) is 14.1.